The minimum Gasteiger partial charge on any atom is -0.320 e. The molecule has 0 saturated carbocycles. The SMILES string of the molecule is NCC#Cc1ccc(S(=O)(=O)Nc2ccccn2)c(Cl)c1. The lowest BCUT2D eigenvalue weighted by Gasteiger charge is -2.08. The smallest absolute Gasteiger partial charge is 0.264 e. The third-order valence-electron chi connectivity index (χ3n) is 2.46. The molecule has 0 fully saturated rings. The van der Waals surface area contributed by atoms with E-state index in [1.165, 1.54) is 18.3 Å². The molecule has 0 aliphatic heterocycles. The van der Waals surface area contributed by atoms with Crippen LogP contribution in [0.2, 0.25) is 5.02 Å². The number of anilines is 1. The first-order valence-corrected chi connectivity index (χ1v) is 7.81. The van der Waals surface area contributed by atoms with Crippen LogP contribution in [-0.4, -0.2) is 19.9 Å². The molecule has 2 rings (SSSR count). The fourth-order valence-corrected chi connectivity index (χ4v) is 3.12. The van der Waals surface area contributed by atoms with E-state index >= 15 is 0 Å². The summed E-state index contributed by atoms with van der Waals surface area (Å²) in [6.07, 6.45) is 1.49. The minimum absolute atomic E-state index is 0.0341. The van der Waals surface area contributed by atoms with Gasteiger partial charge in [0, 0.05) is 11.8 Å². The van der Waals surface area contributed by atoms with Crippen LogP contribution in [-0.2, 0) is 10.0 Å². The monoisotopic (exact) mass is 321 g/mol. The van der Waals surface area contributed by atoms with Crippen LogP contribution in [0.25, 0.3) is 0 Å². The Labute approximate surface area is 128 Å². The van der Waals surface area contributed by atoms with Crippen molar-refractivity contribution in [2.75, 3.05) is 11.3 Å². The van der Waals surface area contributed by atoms with Gasteiger partial charge in [-0.3, -0.25) is 4.72 Å². The largest absolute Gasteiger partial charge is 0.320 e. The molecule has 0 amide bonds. The summed E-state index contributed by atoms with van der Waals surface area (Å²) in [6, 6.07) is 9.37. The molecule has 0 spiro atoms. The Morgan fingerprint density at radius 2 is 2.10 bits per heavy atom. The summed E-state index contributed by atoms with van der Waals surface area (Å²) >= 11 is 6.02. The van der Waals surface area contributed by atoms with Crippen molar-refractivity contribution in [1.29, 1.82) is 0 Å². The number of pyridine rings is 1. The van der Waals surface area contributed by atoms with Gasteiger partial charge in [0.2, 0.25) is 0 Å². The lowest BCUT2D eigenvalue weighted by molar-refractivity contribution is 0.601. The highest BCUT2D eigenvalue weighted by molar-refractivity contribution is 7.92. The van der Waals surface area contributed by atoms with E-state index in [0.29, 0.717) is 5.56 Å². The van der Waals surface area contributed by atoms with Crippen molar-refractivity contribution in [3.8, 4) is 11.8 Å². The second kappa shape index (κ2) is 6.59. The number of hydrogen-bond donors (Lipinski definition) is 2. The van der Waals surface area contributed by atoms with Crippen LogP contribution >= 0.6 is 11.6 Å². The van der Waals surface area contributed by atoms with E-state index in [2.05, 4.69) is 21.5 Å². The molecule has 21 heavy (non-hydrogen) atoms. The van der Waals surface area contributed by atoms with Crippen molar-refractivity contribution < 1.29 is 8.42 Å². The first-order valence-electron chi connectivity index (χ1n) is 5.95. The molecule has 0 aliphatic carbocycles. The Morgan fingerprint density at radius 1 is 1.29 bits per heavy atom. The predicted molar refractivity (Wildman–Crippen MR) is 82.4 cm³/mol. The van der Waals surface area contributed by atoms with Crippen molar-refractivity contribution in [3.63, 3.8) is 0 Å². The van der Waals surface area contributed by atoms with Crippen LogP contribution in [0.15, 0.2) is 47.5 Å². The van der Waals surface area contributed by atoms with Crippen molar-refractivity contribution in [3.05, 3.63) is 53.2 Å². The van der Waals surface area contributed by atoms with E-state index in [-0.39, 0.29) is 22.3 Å². The number of halogens is 1. The zero-order valence-corrected chi connectivity index (χ0v) is 12.4. The Balaban J connectivity index is 2.32. The second-order valence-corrected chi connectivity index (χ2v) is 6.03. The van der Waals surface area contributed by atoms with E-state index < -0.39 is 10.0 Å². The van der Waals surface area contributed by atoms with Gasteiger partial charge in [-0.15, -0.1) is 0 Å². The van der Waals surface area contributed by atoms with Crippen LogP contribution in [0.5, 0.6) is 0 Å². The fourth-order valence-electron chi connectivity index (χ4n) is 1.57. The number of rotatable bonds is 3. The van der Waals surface area contributed by atoms with Gasteiger partial charge in [-0.25, -0.2) is 13.4 Å². The van der Waals surface area contributed by atoms with Crippen LogP contribution in [0.4, 0.5) is 5.82 Å². The van der Waals surface area contributed by atoms with Gasteiger partial charge in [0.25, 0.3) is 10.0 Å². The number of nitrogens with one attached hydrogen (secondary N) is 1. The van der Waals surface area contributed by atoms with Crippen molar-refractivity contribution in [2.24, 2.45) is 5.73 Å². The summed E-state index contributed by atoms with van der Waals surface area (Å²) in [5, 5.41) is 0.0854. The maximum atomic E-state index is 12.3. The zero-order valence-electron chi connectivity index (χ0n) is 10.9. The van der Waals surface area contributed by atoms with E-state index in [1.54, 1.807) is 24.3 Å². The molecule has 3 N–H and O–H groups in total. The molecule has 5 nitrogen and oxygen atoms in total. The van der Waals surface area contributed by atoms with Gasteiger partial charge in [-0.1, -0.05) is 29.5 Å². The van der Waals surface area contributed by atoms with Crippen molar-refractivity contribution in [1.82, 2.24) is 4.98 Å². The van der Waals surface area contributed by atoms with Crippen LogP contribution in [0, 0.1) is 11.8 Å². The molecule has 0 saturated heterocycles. The van der Waals surface area contributed by atoms with Crippen LogP contribution < -0.4 is 10.5 Å². The average Bonchev–Trinajstić information content (AvgIpc) is 2.45. The number of sulfonamides is 1. The van der Waals surface area contributed by atoms with Gasteiger partial charge in [0.15, 0.2) is 0 Å². The van der Waals surface area contributed by atoms with Crippen LogP contribution in [0.1, 0.15) is 5.56 Å². The molecule has 0 radical (unpaired) electrons. The molecule has 0 atom stereocenters. The first-order chi connectivity index (χ1) is 10.0. The highest BCUT2D eigenvalue weighted by Crippen LogP contribution is 2.24. The highest BCUT2D eigenvalue weighted by Gasteiger charge is 2.18. The van der Waals surface area contributed by atoms with E-state index in [4.69, 9.17) is 17.3 Å². The van der Waals surface area contributed by atoms with E-state index in [1.807, 2.05) is 0 Å². The summed E-state index contributed by atoms with van der Waals surface area (Å²) in [6.45, 7) is 0.221. The molecule has 0 unspecified atom stereocenters. The summed E-state index contributed by atoms with van der Waals surface area (Å²) in [5.74, 6) is 5.68. The third-order valence-corrected chi connectivity index (χ3v) is 4.30. The fraction of sp³-hybridized carbons (Fsp3) is 0.0714. The molecule has 1 heterocycles. The summed E-state index contributed by atoms with van der Waals surface area (Å²) in [4.78, 5) is 3.87. The zero-order chi connectivity index (χ0) is 15.3. The molecule has 108 valence electrons. The molecule has 7 heteroatoms. The first kappa shape index (κ1) is 15.3. The number of aromatic nitrogens is 1. The molecule has 2 aromatic rings. The minimum atomic E-state index is -3.80. The summed E-state index contributed by atoms with van der Waals surface area (Å²) < 4.78 is 26.9. The Kier molecular flexibility index (Phi) is 4.81. The van der Waals surface area contributed by atoms with E-state index in [0.717, 1.165) is 0 Å². The number of benzene rings is 1. The molecular formula is C14H12ClN3O2S. The standard InChI is InChI=1S/C14H12ClN3O2S/c15-12-10-11(4-3-8-16)6-7-13(12)21(19,20)18-14-5-1-2-9-17-14/h1-2,5-7,9-10H,8,16H2,(H,17,18). The summed E-state index contributed by atoms with van der Waals surface area (Å²) in [5.41, 5.74) is 5.88. The van der Waals surface area contributed by atoms with Gasteiger partial charge in [0.05, 0.1) is 11.6 Å². The van der Waals surface area contributed by atoms with Crippen molar-refractivity contribution in [2.45, 2.75) is 4.90 Å². The molecule has 1 aromatic heterocycles. The van der Waals surface area contributed by atoms with Gasteiger partial charge in [-0.2, -0.15) is 0 Å². The van der Waals surface area contributed by atoms with Crippen LogP contribution in [0.3, 0.4) is 0 Å². The quantitative estimate of drug-likeness (QED) is 0.845. The van der Waals surface area contributed by atoms with Gasteiger partial charge < -0.3 is 5.73 Å². The number of hydrogen-bond acceptors (Lipinski definition) is 4. The van der Waals surface area contributed by atoms with Crippen molar-refractivity contribution >= 4 is 27.4 Å². The Morgan fingerprint density at radius 3 is 2.71 bits per heavy atom. The molecule has 1 aromatic carbocycles. The molecule has 0 bridgehead atoms. The lowest BCUT2D eigenvalue weighted by Crippen LogP contribution is -2.14. The van der Waals surface area contributed by atoms with Gasteiger partial charge in [0.1, 0.15) is 10.7 Å². The second-order valence-electron chi connectivity index (χ2n) is 3.97. The van der Waals surface area contributed by atoms with Gasteiger partial charge >= 0.3 is 0 Å². The Hall–Kier alpha value is -2.07. The Bertz CT molecular complexity index is 796. The topological polar surface area (TPSA) is 85.1 Å². The maximum Gasteiger partial charge on any atom is 0.264 e. The predicted octanol–water partition coefficient (Wildman–Crippen LogP) is 1.85. The third kappa shape index (κ3) is 3.95. The van der Waals surface area contributed by atoms with E-state index in [9.17, 15) is 8.42 Å². The average molecular weight is 322 g/mol. The highest BCUT2D eigenvalue weighted by atomic mass is 35.5. The summed E-state index contributed by atoms with van der Waals surface area (Å²) in [7, 11) is -3.80. The lowest BCUT2D eigenvalue weighted by atomic mass is 10.2. The molecular weight excluding hydrogens is 310 g/mol. The normalized spacial score (nSPS) is 10.6. The number of nitrogens with two attached hydrogens (primary N) is 1. The number of nitrogens with zero attached hydrogens (tertiary/aromatic N) is 1. The molecule has 0 aliphatic rings. The maximum absolute atomic E-state index is 12.3. The van der Waals surface area contributed by atoms with Gasteiger partial charge in [-0.05, 0) is 30.3 Å².